The number of nitrogens with zero attached hydrogens (tertiary/aromatic N) is 2. The van der Waals surface area contributed by atoms with Crippen molar-refractivity contribution < 1.29 is 8.78 Å². The molecule has 0 spiro atoms. The molecule has 1 N–H and O–H groups in total. The normalized spacial score (nSPS) is 7.08. The Hall–Kier alpha value is -1.10. The summed E-state index contributed by atoms with van der Waals surface area (Å²) in [5.74, 6) is -0.491. The zero-order chi connectivity index (χ0) is 9.82. The van der Waals surface area contributed by atoms with Crippen LogP contribution in [0, 0.1) is 5.95 Å². The summed E-state index contributed by atoms with van der Waals surface area (Å²) < 4.78 is 21.3. The van der Waals surface area contributed by atoms with Crippen LogP contribution in [0.3, 0.4) is 0 Å². The maximum atomic E-state index is 11.8. The van der Waals surface area contributed by atoms with Crippen LogP contribution in [-0.4, -0.2) is 31.2 Å². The molecule has 1 heterocycles. The van der Waals surface area contributed by atoms with E-state index in [1.165, 1.54) is 12.3 Å². The van der Waals surface area contributed by atoms with E-state index >= 15 is 0 Å². The van der Waals surface area contributed by atoms with Gasteiger partial charge in [-0.15, -0.1) is 0 Å². The van der Waals surface area contributed by atoms with Crippen LogP contribution >= 0.6 is 0 Å². The Morgan fingerprint density at radius 3 is 2.00 bits per heavy atom. The van der Waals surface area contributed by atoms with E-state index in [2.05, 4.69) is 15.3 Å². The van der Waals surface area contributed by atoms with Crippen LogP contribution in [0.25, 0.3) is 0 Å². The second-order valence-corrected chi connectivity index (χ2v) is 1.53. The summed E-state index contributed by atoms with van der Waals surface area (Å²) in [4.78, 5) is 6.70. The summed E-state index contributed by atoms with van der Waals surface area (Å²) in [6.07, 6.45) is 2.51. The van der Waals surface area contributed by atoms with Crippen molar-refractivity contribution in [1.82, 2.24) is 15.3 Å². The third-order valence-corrected chi connectivity index (χ3v) is 0.546. The third-order valence-electron chi connectivity index (χ3n) is 0.546. The standard InChI is InChI=1S/C4H3FN2.C2H7N.CH3F/c5-4-1-2-6-3-7-4;1-3-2;1-2/h1-3H;3H,1-2H3;1H3. The minimum Gasteiger partial charge on any atom is -0.323 e. The van der Waals surface area contributed by atoms with E-state index in [0.29, 0.717) is 7.18 Å². The van der Waals surface area contributed by atoms with Crippen molar-refractivity contribution in [2.24, 2.45) is 0 Å². The van der Waals surface area contributed by atoms with Gasteiger partial charge in [-0.05, 0) is 14.1 Å². The lowest BCUT2D eigenvalue weighted by molar-refractivity contribution is 0.579. The topological polar surface area (TPSA) is 37.8 Å². The Morgan fingerprint density at radius 1 is 1.33 bits per heavy atom. The van der Waals surface area contributed by atoms with Gasteiger partial charge in [0.25, 0.3) is 0 Å². The van der Waals surface area contributed by atoms with Gasteiger partial charge < -0.3 is 5.32 Å². The predicted octanol–water partition coefficient (Wildman–Crippen LogP) is 1.04. The Labute approximate surface area is 70.9 Å². The summed E-state index contributed by atoms with van der Waals surface area (Å²) in [5.41, 5.74) is 0. The highest BCUT2D eigenvalue weighted by Crippen LogP contribution is 1.82. The first-order valence-corrected chi connectivity index (χ1v) is 3.19. The number of alkyl halides is 1. The molecule has 0 aliphatic rings. The van der Waals surface area contributed by atoms with Gasteiger partial charge in [-0.2, -0.15) is 4.39 Å². The Balaban J connectivity index is 0. The molecule has 0 saturated carbocycles. The zero-order valence-electron chi connectivity index (χ0n) is 7.38. The average molecular weight is 177 g/mol. The van der Waals surface area contributed by atoms with E-state index in [-0.39, 0.29) is 0 Å². The molecular weight excluding hydrogens is 164 g/mol. The number of hydrogen-bond donors (Lipinski definition) is 1. The SMILES string of the molecule is CF.CNC.Fc1ccncn1. The van der Waals surface area contributed by atoms with Crippen LogP contribution in [0.1, 0.15) is 0 Å². The predicted molar refractivity (Wildman–Crippen MR) is 44.0 cm³/mol. The van der Waals surface area contributed by atoms with Crippen LogP contribution in [0.15, 0.2) is 18.6 Å². The van der Waals surface area contributed by atoms with Gasteiger partial charge in [0.1, 0.15) is 6.33 Å². The summed E-state index contributed by atoms with van der Waals surface area (Å²) in [6.45, 7) is 0. The minimum atomic E-state index is -0.491. The van der Waals surface area contributed by atoms with Crippen LogP contribution in [0.2, 0.25) is 0 Å². The number of halogens is 2. The molecular formula is C7H13F2N3. The average Bonchev–Trinajstić information content (AvgIpc) is 2.11. The summed E-state index contributed by atoms with van der Waals surface area (Å²) in [7, 11) is 4.25. The second kappa shape index (κ2) is 12.6. The smallest absolute Gasteiger partial charge is 0.215 e. The number of hydrogen-bond acceptors (Lipinski definition) is 3. The second-order valence-electron chi connectivity index (χ2n) is 1.53. The van der Waals surface area contributed by atoms with Crippen molar-refractivity contribution in [3.63, 3.8) is 0 Å². The molecule has 0 saturated heterocycles. The minimum absolute atomic E-state index is 0.491. The van der Waals surface area contributed by atoms with Gasteiger partial charge >= 0.3 is 0 Å². The maximum Gasteiger partial charge on any atom is 0.215 e. The Morgan fingerprint density at radius 2 is 1.83 bits per heavy atom. The molecule has 1 aromatic heterocycles. The lowest BCUT2D eigenvalue weighted by Gasteiger charge is -1.77. The van der Waals surface area contributed by atoms with Gasteiger partial charge in [0.15, 0.2) is 0 Å². The van der Waals surface area contributed by atoms with Crippen LogP contribution in [0.4, 0.5) is 8.78 Å². The Kier molecular flexibility index (Phi) is 14.1. The number of nitrogens with one attached hydrogen (secondary N) is 1. The lowest BCUT2D eigenvalue weighted by atomic mass is 10.7. The molecule has 0 aromatic carbocycles. The molecule has 0 aliphatic heterocycles. The van der Waals surface area contributed by atoms with Gasteiger partial charge in [-0.1, -0.05) is 0 Å². The van der Waals surface area contributed by atoms with Crippen molar-refractivity contribution in [2.45, 2.75) is 0 Å². The zero-order valence-corrected chi connectivity index (χ0v) is 7.38. The van der Waals surface area contributed by atoms with Crippen LogP contribution in [0.5, 0.6) is 0 Å². The van der Waals surface area contributed by atoms with Gasteiger partial charge in [-0.25, -0.2) is 9.97 Å². The molecule has 1 rings (SSSR count). The highest BCUT2D eigenvalue weighted by Gasteiger charge is 1.79. The largest absolute Gasteiger partial charge is 0.323 e. The fourth-order valence-corrected chi connectivity index (χ4v) is 0.275. The molecule has 70 valence electrons. The van der Waals surface area contributed by atoms with E-state index in [9.17, 15) is 8.78 Å². The molecule has 0 bridgehead atoms. The molecule has 0 amide bonds. The molecule has 0 radical (unpaired) electrons. The maximum absolute atomic E-state index is 11.8. The highest BCUT2D eigenvalue weighted by atomic mass is 19.1. The quantitative estimate of drug-likeness (QED) is 0.601. The van der Waals surface area contributed by atoms with Crippen molar-refractivity contribution in [3.8, 4) is 0 Å². The fourth-order valence-electron chi connectivity index (χ4n) is 0.275. The molecule has 0 atom stereocenters. The first kappa shape index (κ1) is 13.5. The van der Waals surface area contributed by atoms with Crippen LogP contribution < -0.4 is 5.32 Å². The number of rotatable bonds is 0. The van der Waals surface area contributed by atoms with E-state index in [1.807, 2.05) is 14.1 Å². The number of aromatic nitrogens is 2. The van der Waals surface area contributed by atoms with Crippen LogP contribution in [-0.2, 0) is 0 Å². The molecule has 1 aromatic rings. The van der Waals surface area contributed by atoms with Crippen molar-refractivity contribution in [1.29, 1.82) is 0 Å². The third kappa shape index (κ3) is 11.7. The Bertz CT molecular complexity index is 158. The fraction of sp³-hybridized carbons (Fsp3) is 0.429. The van der Waals surface area contributed by atoms with Gasteiger partial charge in [0.2, 0.25) is 5.95 Å². The van der Waals surface area contributed by atoms with Crippen molar-refractivity contribution >= 4 is 0 Å². The molecule has 12 heavy (non-hydrogen) atoms. The van der Waals surface area contributed by atoms with E-state index in [0.717, 1.165) is 6.33 Å². The summed E-state index contributed by atoms with van der Waals surface area (Å²) in [5, 5.41) is 2.75. The lowest BCUT2D eigenvalue weighted by Crippen LogP contribution is -1.89. The van der Waals surface area contributed by atoms with Gasteiger partial charge in [0, 0.05) is 12.3 Å². The molecule has 0 aliphatic carbocycles. The summed E-state index contributed by atoms with van der Waals surface area (Å²) in [6, 6.07) is 1.19. The van der Waals surface area contributed by atoms with Crippen molar-refractivity contribution in [3.05, 3.63) is 24.5 Å². The van der Waals surface area contributed by atoms with E-state index < -0.39 is 5.95 Å². The van der Waals surface area contributed by atoms with E-state index in [4.69, 9.17) is 0 Å². The van der Waals surface area contributed by atoms with Crippen molar-refractivity contribution in [2.75, 3.05) is 21.3 Å². The molecule has 3 nitrogen and oxygen atoms in total. The van der Waals surface area contributed by atoms with Gasteiger partial charge in [0.05, 0.1) is 7.18 Å². The first-order chi connectivity index (χ1) is 5.81. The molecule has 5 heteroatoms. The highest BCUT2D eigenvalue weighted by molar-refractivity contribution is 4.79. The first-order valence-electron chi connectivity index (χ1n) is 3.19. The van der Waals surface area contributed by atoms with Gasteiger partial charge in [-0.3, -0.25) is 4.39 Å². The monoisotopic (exact) mass is 177 g/mol. The molecule has 0 unspecified atom stereocenters. The summed E-state index contributed by atoms with van der Waals surface area (Å²) >= 11 is 0. The van der Waals surface area contributed by atoms with E-state index in [1.54, 1.807) is 0 Å². The molecule has 0 fully saturated rings.